The number of aromatic nitrogens is 5. The maximum Gasteiger partial charge on any atom is 0.333 e. The van der Waals surface area contributed by atoms with E-state index < -0.39 is 12.5 Å². The third-order valence-electron chi connectivity index (χ3n) is 3.40. The van der Waals surface area contributed by atoms with Crippen LogP contribution in [0.4, 0.5) is 14.7 Å². The molecule has 2 heterocycles. The van der Waals surface area contributed by atoms with Gasteiger partial charge in [-0.2, -0.15) is 13.9 Å². The Morgan fingerprint density at radius 3 is 2.75 bits per heavy atom. The molecule has 7 nitrogen and oxygen atoms in total. The normalized spacial score (nSPS) is 11.0. The highest BCUT2D eigenvalue weighted by atomic mass is 19.3. The standard InChI is InChI=1S/C15H14F2N6O/c1-10-4-2-3-5-11(10)8-22-9-18-15(21-22)19-13(24)12-6-7-23(20-12)14(16)17/h2-7,9,14H,8H2,1H3,(H,19,21,24). The van der Waals surface area contributed by atoms with Gasteiger partial charge in [-0.25, -0.2) is 14.3 Å². The lowest BCUT2D eigenvalue weighted by Crippen LogP contribution is -2.15. The van der Waals surface area contributed by atoms with E-state index in [1.54, 1.807) is 4.68 Å². The summed E-state index contributed by atoms with van der Waals surface area (Å²) in [5.74, 6) is -0.566. The van der Waals surface area contributed by atoms with E-state index in [9.17, 15) is 13.6 Å². The number of hydrogen-bond acceptors (Lipinski definition) is 4. The molecule has 0 aliphatic carbocycles. The van der Waals surface area contributed by atoms with Gasteiger partial charge in [0.2, 0.25) is 5.95 Å². The second kappa shape index (κ2) is 6.57. The zero-order valence-electron chi connectivity index (χ0n) is 12.7. The number of benzene rings is 1. The molecule has 2 aromatic heterocycles. The monoisotopic (exact) mass is 332 g/mol. The van der Waals surface area contributed by atoms with Crippen LogP contribution in [0.15, 0.2) is 42.9 Å². The number of halogens is 2. The van der Waals surface area contributed by atoms with Gasteiger partial charge in [0.1, 0.15) is 6.33 Å². The molecular formula is C15H14F2N6O. The van der Waals surface area contributed by atoms with Crippen molar-refractivity contribution < 1.29 is 13.6 Å². The van der Waals surface area contributed by atoms with Crippen LogP contribution < -0.4 is 5.32 Å². The average molecular weight is 332 g/mol. The van der Waals surface area contributed by atoms with Crippen molar-refractivity contribution in [2.45, 2.75) is 20.0 Å². The van der Waals surface area contributed by atoms with E-state index in [1.165, 1.54) is 12.4 Å². The lowest BCUT2D eigenvalue weighted by atomic mass is 10.1. The summed E-state index contributed by atoms with van der Waals surface area (Å²) in [5, 5.41) is 10.1. The van der Waals surface area contributed by atoms with Crippen LogP contribution in [0.1, 0.15) is 28.2 Å². The van der Waals surface area contributed by atoms with E-state index in [-0.39, 0.29) is 11.6 Å². The number of nitrogens with zero attached hydrogens (tertiary/aromatic N) is 5. The van der Waals surface area contributed by atoms with Crippen LogP contribution in [0.25, 0.3) is 0 Å². The molecule has 1 amide bonds. The highest BCUT2D eigenvalue weighted by Gasteiger charge is 2.15. The molecule has 0 fully saturated rings. The summed E-state index contributed by atoms with van der Waals surface area (Å²) in [4.78, 5) is 15.9. The number of rotatable bonds is 5. The minimum atomic E-state index is -2.79. The lowest BCUT2D eigenvalue weighted by Gasteiger charge is -2.04. The summed E-state index contributed by atoms with van der Waals surface area (Å²) < 4.78 is 26.9. The van der Waals surface area contributed by atoms with Crippen molar-refractivity contribution in [1.29, 1.82) is 0 Å². The highest BCUT2D eigenvalue weighted by Crippen LogP contribution is 2.11. The van der Waals surface area contributed by atoms with Crippen molar-refractivity contribution in [3.8, 4) is 0 Å². The zero-order valence-corrected chi connectivity index (χ0v) is 12.7. The highest BCUT2D eigenvalue weighted by molar-refractivity contribution is 6.01. The molecule has 0 unspecified atom stereocenters. The first-order valence-corrected chi connectivity index (χ1v) is 7.11. The van der Waals surface area contributed by atoms with E-state index in [1.807, 2.05) is 31.2 Å². The molecule has 0 aliphatic rings. The van der Waals surface area contributed by atoms with Gasteiger partial charge in [-0.1, -0.05) is 24.3 Å². The van der Waals surface area contributed by atoms with Gasteiger partial charge in [0.05, 0.1) is 6.54 Å². The molecule has 3 aromatic rings. The molecule has 0 bridgehead atoms. The van der Waals surface area contributed by atoms with Crippen molar-refractivity contribution in [2.24, 2.45) is 0 Å². The van der Waals surface area contributed by atoms with E-state index in [0.717, 1.165) is 17.3 Å². The number of carbonyl (C=O) groups excluding carboxylic acids is 1. The van der Waals surface area contributed by atoms with Crippen molar-refractivity contribution in [3.63, 3.8) is 0 Å². The first kappa shape index (κ1) is 15.8. The van der Waals surface area contributed by atoms with Crippen molar-refractivity contribution >= 4 is 11.9 Å². The Kier molecular flexibility index (Phi) is 4.32. The predicted octanol–water partition coefficient (Wildman–Crippen LogP) is 2.48. The predicted molar refractivity (Wildman–Crippen MR) is 81.7 cm³/mol. The molecule has 0 atom stereocenters. The maximum absolute atomic E-state index is 12.5. The summed E-state index contributed by atoms with van der Waals surface area (Å²) in [6.45, 7) is -0.290. The number of anilines is 1. The molecule has 9 heteroatoms. The molecule has 24 heavy (non-hydrogen) atoms. The SMILES string of the molecule is Cc1ccccc1Cn1cnc(NC(=O)c2ccn(C(F)F)n2)n1. The topological polar surface area (TPSA) is 77.6 Å². The average Bonchev–Trinajstić information content (AvgIpc) is 3.19. The van der Waals surface area contributed by atoms with Gasteiger partial charge in [0.25, 0.3) is 5.91 Å². The Hall–Kier alpha value is -3.10. The third-order valence-corrected chi connectivity index (χ3v) is 3.40. The summed E-state index contributed by atoms with van der Waals surface area (Å²) in [5.41, 5.74) is 2.07. The van der Waals surface area contributed by atoms with Gasteiger partial charge in [0.15, 0.2) is 5.69 Å². The second-order valence-corrected chi connectivity index (χ2v) is 5.11. The molecule has 3 rings (SSSR count). The number of carbonyl (C=O) groups is 1. The van der Waals surface area contributed by atoms with Crippen LogP contribution in [-0.2, 0) is 6.54 Å². The summed E-state index contributed by atoms with van der Waals surface area (Å²) in [6.07, 6.45) is 2.52. The summed E-state index contributed by atoms with van der Waals surface area (Å²) >= 11 is 0. The molecule has 0 aliphatic heterocycles. The molecule has 1 aromatic carbocycles. The molecule has 0 radical (unpaired) electrons. The minimum Gasteiger partial charge on any atom is -0.288 e. The molecule has 124 valence electrons. The fraction of sp³-hybridized carbons (Fsp3) is 0.200. The second-order valence-electron chi connectivity index (χ2n) is 5.11. The number of amides is 1. The molecular weight excluding hydrogens is 318 g/mol. The Labute approximate surface area is 135 Å². The third kappa shape index (κ3) is 3.45. The van der Waals surface area contributed by atoms with Crippen molar-refractivity contribution in [1.82, 2.24) is 24.5 Å². The van der Waals surface area contributed by atoms with E-state index in [2.05, 4.69) is 20.5 Å². The molecule has 0 spiro atoms. The van der Waals surface area contributed by atoms with Gasteiger partial charge in [-0.15, -0.1) is 5.10 Å². The van der Waals surface area contributed by atoms with Crippen LogP contribution in [-0.4, -0.2) is 30.5 Å². The zero-order chi connectivity index (χ0) is 17.1. The van der Waals surface area contributed by atoms with Crippen LogP contribution in [0.3, 0.4) is 0 Å². The van der Waals surface area contributed by atoms with Crippen LogP contribution >= 0.6 is 0 Å². The van der Waals surface area contributed by atoms with Crippen LogP contribution in [0.5, 0.6) is 0 Å². The van der Waals surface area contributed by atoms with Crippen LogP contribution in [0.2, 0.25) is 0 Å². The van der Waals surface area contributed by atoms with Gasteiger partial charge >= 0.3 is 6.55 Å². The fourth-order valence-electron chi connectivity index (χ4n) is 2.12. The minimum absolute atomic E-state index is 0.0835. The smallest absolute Gasteiger partial charge is 0.288 e. The summed E-state index contributed by atoms with van der Waals surface area (Å²) in [7, 11) is 0. The lowest BCUT2D eigenvalue weighted by molar-refractivity contribution is 0.0561. The largest absolute Gasteiger partial charge is 0.333 e. The van der Waals surface area contributed by atoms with Gasteiger partial charge < -0.3 is 0 Å². The molecule has 0 saturated heterocycles. The summed E-state index contributed by atoms with van der Waals surface area (Å²) in [6, 6.07) is 9.05. The van der Waals surface area contributed by atoms with E-state index >= 15 is 0 Å². The maximum atomic E-state index is 12.5. The van der Waals surface area contributed by atoms with Crippen molar-refractivity contribution in [3.05, 3.63) is 59.7 Å². The molecule has 0 saturated carbocycles. The number of hydrogen-bond donors (Lipinski definition) is 1. The Morgan fingerprint density at radius 2 is 2.04 bits per heavy atom. The Balaban J connectivity index is 1.67. The Morgan fingerprint density at radius 1 is 1.25 bits per heavy atom. The van der Waals surface area contributed by atoms with Crippen molar-refractivity contribution in [2.75, 3.05) is 5.32 Å². The van der Waals surface area contributed by atoms with Gasteiger partial charge in [-0.3, -0.25) is 10.1 Å². The molecule has 1 N–H and O–H groups in total. The Bertz CT molecular complexity index is 857. The first-order chi connectivity index (χ1) is 11.5. The van der Waals surface area contributed by atoms with Gasteiger partial charge in [0, 0.05) is 6.20 Å². The van der Waals surface area contributed by atoms with E-state index in [4.69, 9.17) is 0 Å². The first-order valence-electron chi connectivity index (χ1n) is 7.11. The van der Waals surface area contributed by atoms with Gasteiger partial charge in [-0.05, 0) is 24.1 Å². The number of nitrogens with one attached hydrogen (secondary N) is 1. The number of aryl methyl sites for hydroxylation is 1. The fourth-order valence-corrected chi connectivity index (χ4v) is 2.12. The number of alkyl halides is 2. The quantitative estimate of drug-likeness (QED) is 0.779. The van der Waals surface area contributed by atoms with E-state index in [0.29, 0.717) is 11.2 Å². The van der Waals surface area contributed by atoms with Crippen LogP contribution in [0, 0.1) is 6.92 Å².